The molecule has 132 valence electrons. The molecule has 2 aliphatic heterocycles. The van der Waals surface area contributed by atoms with Crippen molar-refractivity contribution in [2.24, 2.45) is 5.92 Å². The highest BCUT2D eigenvalue weighted by molar-refractivity contribution is 7.91. The lowest BCUT2D eigenvalue weighted by Crippen LogP contribution is -2.42. The Morgan fingerprint density at radius 1 is 1.40 bits per heavy atom. The van der Waals surface area contributed by atoms with Crippen LogP contribution in [0.25, 0.3) is 0 Å². The summed E-state index contributed by atoms with van der Waals surface area (Å²) in [5.41, 5.74) is 1.05. The molecule has 0 aliphatic carbocycles. The van der Waals surface area contributed by atoms with Crippen LogP contribution < -0.4 is 4.90 Å². The van der Waals surface area contributed by atoms with Crippen molar-refractivity contribution in [3.8, 4) is 6.07 Å². The molecule has 0 bridgehead atoms. The van der Waals surface area contributed by atoms with E-state index >= 15 is 0 Å². The molecule has 1 aromatic carbocycles. The van der Waals surface area contributed by atoms with E-state index in [-0.39, 0.29) is 42.3 Å². The van der Waals surface area contributed by atoms with Gasteiger partial charge in [-0.05, 0) is 24.6 Å². The molecular weight excluding hydrogens is 342 g/mol. The quantitative estimate of drug-likeness (QED) is 0.783. The van der Waals surface area contributed by atoms with Crippen LogP contribution >= 0.6 is 0 Å². The first-order chi connectivity index (χ1) is 11.8. The molecule has 1 aromatic rings. The number of nitriles is 1. The van der Waals surface area contributed by atoms with Gasteiger partial charge in [0.25, 0.3) is 0 Å². The van der Waals surface area contributed by atoms with Crippen LogP contribution in [0.3, 0.4) is 0 Å². The van der Waals surface area contributed by atoms with Gasteiger partial charge in [-0.25, -0.2) is 8.42 Å². The molecule has 2 saturated heterocycles. The largest absolute Gasteiger partial charge is 0.341 e. The summed E-state index contributed by atoms with van der Waals surface area (Å²) >= 11 is 0. The number of amides is 2. The lowest BCUT2D eigenvalue weighted by molar-refractivity contribution is -0.136. The fourth-order valence-electron chi connectivity index (χ4n) is 3.41. The Kier molecular flexibility index (Phi) is 4.52. The number of carbonyl (C=O) groups is 2. The summed E-state index contributed by atoms with van der Waals surface area (Å²) in [7, 11) is -1.46. The van der Waals surface area contributed by atoms with Crippen molar-refractivity contribution in [1.29, 1.82) is 5.26 Å². The molecule has 25 heavy (non-hydrogen) atoms. The fraction of sp³-hybridized carbons (Fsp3) is 0.471. The summed E-state index contributed by atoms with van der Waals surface area (Å²) in [5.74, 6) is -0.766. The average molecular weight is 361 g/mol. The van der Waals surface area contributed by atoms with E-state index in [9.17, 15) is 18.0 Å². The first-order valence-corrected chi connectivity index (χ1v) is 9.90. The van der Waals surface area contributed by atoms with Gasteiger partial charge in [-0.15, -0.1) is 0 Å². The normalized spacial score (nSPS) is 25.0. The van der Waals surface area contributed by atoms with Crippen LogP contribution in [0.15, 0.2) is 24.3 Å². The Hall–Kier alpha value is -2.40. The standard InChI is InChI=1S/C17H19N3O4S/c1-19(15-5-6-25(23,24)11-15)17(22)13-8-16(21)20(10-13)14-4-2-3-12(7-14)9-18/h2-4,7,13,15H,5-6,8,10-11H2,1H3. The fourth-order valence-corrected chi connectivity index (χ4v) is 5.19. The average Bonchev–Trinajstić information content (AvgIpc) is 3.16. The van der Waals surface area contributed by atoms with Crippen molar-refractivity contribution >= 4 is 27.3 Å². The molecule has 2 unspecified atom stereocenters. The predicted molar refractivity (Wildman–Crippen MR) is 91.4 cm³/mol. The van der Waals surface area contributed by atoms with Crippen LogP contribution in [-0.2, 0) is 19.4 Å². The highest BCUT2D eigenvalue weighted by atomic mass is 32.2. The van der Waals surface area contributed by atoms with Crippen molar-refractivity contribution in [3.63, 3.8) is 0 Å². The van der Waals surface area contributed by atoms with Crippen LogP contribution in [0, 0.1) is 17.2 Å². The molecular formula is C17H19N3O4S. The SMILES string of the molecule is CN(C(=O)C1CC(=O)N(c2cccc(C#N)c2)C1)C1CCS(=O)(=O)C1. The Labute approximate surface area is 146 Å². The van der Waals surface area contributed by atoms with Crippen LogP contribution in [0.5, 0.6) is 0 Å². The maximum absolute atomic E-state index is 12.7. The molecule has 2 aliphatic rings. The highest BCUT2D eigenvalue weighted by Gasteiger charge is 2.40. The molecule has 2 atom stereocenters. The third-order valence-corrected chi connectivity index (χ3v) is 6.62. The number of anilines is 1. The van der Waals surface area contributed by atoms with Crippen molar-refractivity contribution in [1.82, 2.24) is 4.90 Å². The molecule has 7 nitrogen and oxygen atoms in total. The zero-order chi connectivity index (χ0) is 18.2. The number of hydrogen-bond acceptors (Lipinski definition) is 5. The summed E-state index contributed by atoms with van der Waals surface area (Å²) in [6.07, 6.45) is 0.540. The second-order valence-corrected chi connectivity index (χ2v) is 8.80. The molecule has 0 radical (unpaired) electrons. The van der Waals surface area contributed by atoms with E-state index in [0.29, 0.717) is 17.7 Å². The van der Waals surface area contributed by atoms with Crippen LogP contribution in [-0.4, -0.2) is 56.3 Å². The van der Waals surface area contributed by atoms with Crippen molar-refractivity contribution < 1.29 is 18.0 Å². The van der Waals surface area contributed by atoms with Crippen LogP contribution in [0.1, 0.15) is 18.4 Å². The van der Waals surface area contributed by atoms with Gasteiger partial charge in [0.05, 0.1) is 29.1 Å². The van der Waals surface area contributed by atoms with Gasteiger partial charge in [0.2, 0.25) is 11.8 Å². The van der Waals surface area contributed by atoms with Gasteiger partial charge < -0.3 is 9.80 Å². The molecule has 2 heterocycles. The van der Waals surface area contributed by atoms with Crippen LogP contribution in [0.4, 0.5) is 5.69 Å². The van der Waals surface area contributed by atoms with Crippen molar-refractivity contribution in [2.75, 3.05) is 30.0 Å². The highest BCUT2D eigenvalue weighted by Crippen LogP contribution is 2.28. The zero-order valence-electron chi connectivity index (χ0n) is 13.9. The second-order valence-electron chi connectivity index (χ2n) is 6.57. The minimum Gasteiger partial charge on any atom is -0.341 e. The number of benzene rings is 1. The summed E-state index contributed by atoms with van der Waals surface area (Å²) in [5, 5.41) is 8.98. The van der Waals surface area contributed by atoms with E-state index in [1.165, 1.54) is 9.80 Å². The third-order valence-electron chi connectivity index (χ3n) is 4.86. The Morgan fingerprint density at radius 2 is 2.16 bits per heavy atom. The number of sulfone groups is 1. The van der Waals surface area contributed by atoms with E-state index in [1.54, 1.807) is 31.3 Å². The van der Waals surface area contributed by atoms with Gasteiger partial charge in [0.15, 0.2) is 9.84 Å². The van der Waals surface area contributed by atoms with Crippen molar-refractivity contribution in [3.05, 3.63) is 29.8 Å². The number of nitrogens with zero attached hydrogens (tertiary/aromatic N) is 3. The predicted octanol–water partition coefficient (Wildman–Crippen LogP) is 0.557. The summed E-state index contributed by atoms with van der Waals surface area (Å²) in [6.45, 7) is 0.246. The van der Waals surface area contributed by atoms with E-state index in [4.69, 9.17) is 5.26 Å². The molecule has 0 saturated carbocycles. The maximum atomic E-state index is 12.7. The number of carbonyl (C=O) groups excluding carboxylic acids is 2. The Balaban J connectivity index is 1.71. The van der Waals surface area contributed by atoms with Crippen molar-refractivity contribution in [2.45, 2.75) is 18.9 Å². The molecule has 3 rings (SSSR count). The Morgan fingerprint density at radius 3 is 2.80 bits per heavy atom. The lowest BCUT2D eigenvalue weighted by Gasteiger charge is -2.26. The summed E-state index contributed by atoms with van der Waals surface area (Å²) < 4.78 is 23.2. The molecule has 0 aromatic heterocycles. The van der Waals surface area contributed by atoms with Crippen LogP contribution in [0.2, 0.25) is 0 Å². The molecule has 2 amide bonds. The minimum absolute atomic E-state index is 0.0101. The first kappa shape index (κ1) is 17.4. The molecule has 2 fully saturated rings. The third kappa shape index (κ3) is 3.51. The van der Waals surface area contributed by atoms with Gasteiger partial charge in [0.1, 0.15) is 0 Å². The van der Waals surface area contributed by atoms with E-state index < -0.39 is 15.8 Å². The number of hydrogen-bond donors (Lipinski definition) is 0. The van der Waals surface area contributed by atoms with Gasteiger partial charge in [-0.2, -0.15) is 5.26 Å². The smallest absolute Gasteiger partial charge is 0.228 e. The van der Waals surface area contributed by atoms with E-state index in [2.05, 4.69) is 0 Å². The first-order valence-electron chi connectivity index (χ1n) is 8.08. The topological polar surface area (TPSA) is 98.5 Å². The van der Waals surface area contributed by atoms with E-state index in [0.717, 1.165) is 0 Å². The summed E-state index contributed by atoms with van der Waals surface area (Å²) in [4.78, 5) is 28.0. The minimum atomic E-state index is -3.07. The second kappa shape index (κ2) is 6.48. The Bertz CT molecular complexity index is 859. The van der Waals surface area contributed by atoms with Gasteiger partial charge in [-0.3, -0.25) is 9.59 Å². The lowest BCUT2D eigenvalue weighted by atomic mass is 10.1. The monoisotopic (exact) mass is 361 g/mol. The van der Waals surface area contributed by atoms with E-state index in [1.807, 2.05) is 6.07 Å². The van der Waals surface area contributed by atoms with Gasteiger partial charge in [0, 0.05) is 31.7 Å². The zero-order valence-corrected chi connectivity index (χ0v) is 14.7. The van der Waals surface area contributed by atoms with Gasteiger partial charge in [-0.1, -0.05) is 6.07 Å². The maximum Gasteiger partial charge on any atom is 0.228 e. The molecule has 0 spiro atoms. The molecule has 0 N–H and O–H groups in total. The summed E-state index contributed by atoms with van der Waals surface area (Å²) in [6, 6.07) is 8.43. The molecule has 8 heteroatoms. The number of rotatable bonds is 3. The van der Waals surface area contributed by atoms with Gasteiger partial charge >= 0.3 is 0 Å².